The Morgan fingerprint density at radius 3 is 2.62 bits per heavy atom. The number of rotatable bonds is 3. The lowest BCUT2D eigenvalue weighted by atomic mass is 10.3. The predicted octanol–water partition coefficient (Wildman–Crippen LogP) is 0.602. The number of aryl methyl sites for hydroxylation is 1. The summed E-state index contributed by atoms with van der Waals surface area (Å²) < 4.78 is 0. The number of anilines is 1. The summed E-state index contributed by atoms with van der Waals surface area (Å²) in [5.41, 5.74) is 0.880. The topological polar surface area (TPSA) is 49.2 Å². The first-order chi connectivity index (χ1) is 6.11. The molecular weight excluding hydrogens is 166 g/mol. The first-order valence-electron chi connectivity index (χ1n) is 4.28. The number of likely N-dealkylation sites (N-methyl/N-ethyl adjacent to an activating group) is 1. The molecule has 0 saturated carbocycles. The number of hydrogen-bond acceptors (Lipinski definition) is 4. The minimum Gasteiger partial charge on any atom is -0.392 e. The molecule has 13 heavy (non-hydrogen) atoms. The molecule has 1 N–H and O–H groups in total. The molecule has 1 rings (SSSR count). The number of aromatic nitrogens is 2. The van der Waals surface area contributed by atoms with Crippen molar-refractivity contribution in [2.24, 2.45) is 0 Å². The Bertz CT molecular complexity index is 275. The zero-order valence-corrected chi connectivity index (χ0v) is 8.23. The molecule has 4 nitrogen and oxygen atoms in total. The fourth-order valence-corrected chi connectivity index (χ4v) is 1.26. The van der Waals surface area contributed by atoms with E-state index in [4.69, 9.17) is 0 Å². The summed E-state index contributed by atoms with van der Waals surface area (Å²) in [6.45, 7) is 4.22. The van der Waals surface area contributed by atoms with Crippen LogP contribution in [0.3, 0.4) is 0 Å². The summed E-state index contributed by atoms with van der Waals surface area (Å²) in [6, 6.07) is 0. The van der Waals surface area contributed by atoms with Crippen molar-refractivity contribution < 1.29 is 5.11 Å². The van der Waals surface area contributed by atoms with Crippen LogP contribution in [-0.2, 0) is 0 Å². The maximum atomic E-state index is 9.19. The molecule has 0 aliphatic rings. The highest BCUT2D eigenvalue weighted by Gasteiger charge is 2.08. The van der Waals surface area contributed by atoms with E-state index in [9.17, 15) is 5.11 Å². The van der Waals surface area contributed by atoms with Crippen LogP contribution in [0.4, 0.5) is 5.82 Å². The SMILES string of the molecule is Cc1nccnc1N(C)C[C@@H](C)O. The van der Waals surface area contributed by atoms with E-state index in [1.54, 1.807) is 19.3 Å². The van der Waals surface area contributed by atoms with E-state index in [1.165, 1.54) is 0 Å². The van der Waals surface area contributed by atoms with E-state index in [2.05, 4.69) is 9.97 Å². The molecule has 0 bridgehead atoms. The molecule has 0 fully saturated rings. The second-order valence-corrected chi connectivity index (χ2v) is 3.19. The Hall–Kier alpha value is -1.16. The molecule has 4 heteroatoms. The standard InChI is InChI=1S/C9H15N3O/c1-7(13)6-12(3)9-8(2)10-4-5-11-9/h4-5,7,13H,6H2,1-3H3/t7-/m1/s1. The lowest BCUT2D eigenvalue weighted by Gasteiger charge is -2.20. The zero-order valence-electron chi connectivity index (χ0n) is 8.23. The third-order valence-electron chi connectivity index (χ3n) is 1.75. The Balaban J connectivity index is 2.76. The van der Waals surface area contributed by atoms with Gasteiger partial charge in [0.1, 0.15) is 5.82 Å². The van der Waals surface area contributed by atoms with Gasteiger partial charge in [-0.05, 0) is 13.8 Å². The summed E-state index contributed by atoms with van der Waals surface area (Å²) in [5.74, 6) is 0.823. The summed E-state index contributed by atoms with van der Waals surface area (Å²) in [6.07, 6.45) is 2.96. The number of aliphatic hydroxyl groups is 1. The van der Waals surface area contributed by atoms with Gasteiger partial charge in [0.05, 0.1) is 11.8 Å². The molecule has 1 heterocycles. The van der Waals surface area contributed by atoms with Gasteiger partial charge < -0.3 is 10.0 Å². The van der Waals surface area contributed by atoms with Crippen LogP contribution in [0.15, 0.2) is 12.4 Å². The van der Waals surface area contributed by atoms with Crippen molar-refractivity contribution in [3.8, 4) is 0 Å². The quantitative estimate of drug-likeness (QED) is 0.742. The Morgan fingerprint density at radius 1 is 1.46 bits per heavy atom. The fourth-order valence-electron chi connectivity index (χ4n) is 1.26. The monoisotopic (exact) mass is 181 g/mol. The minimum atomic E-state index is -0.355. The van der Waals surface area contributed by atoms with Gasteiger partial charge in [-0.3, -0.25) is 4.98 Å². The van der Waals surface area contributed by atoms with E-state index < -0.39 is 0 Å². The highest BCUT2D eigenvalue weighted by Crippen LogP contribution is 2.11. The zero-order chi connectivity index (χ0) is 9.84. The van der Waals surface area contributed by atoms with Crippen molar-refractivity contribution in [1.29, 1.82) is 0 Å². The number of aliphatic hydroxyl groups excluding tert-OH is 1. The largest absolute Gasteiger partial charge is 0.392 e. The third kappa shape index (κ3) is 2.66. The molecule has 0 aromatic carbocycles. The van der Waals surface area contributed by atoms with Gasteiger partial charge >= 0.3 is 0 Å². The van der Waals surface area contributed by atoms with Gasteiger partial charge in [-0.25, -0.2) is 4.98 Å². The first kappa shape index (κ1) is 9.92. The molecule has 1 aromatic heterocycles. The van der Waals surface area contributed by atoms with Crippen LogP contribution in [0.1, 0.15) is 12.6 Å². The highest BCUT2D eigenvalue weighted by molar-refractivity contribution is 5.41. The van der Waals surface area contributed by atoms with Crippen molar-refractivity contribution in [3.63, 3.8) is 0 Å². The fraction of sp³-hybridized carbons (Fsp3) is 0.556. The third-order valence-corrected chi connectivity index (χ3v) is 1.75. The molecule has 0 aliphatic carbocycles. The molecule has 1 aromatic rings. The smallest absolute Gasteiger partial charge is 0.149 e. The van der Waals surface area contributed by atoms with Crippen LogP contribution in [0.2, 0.25) is 0 Å². The van der Waals surface area contributed by atoms with Gasteiger partial charge in [0.15, 0.2) is 0 Å². The maximum absolute atomic E-state index is 9.19. The highest BCUT2D eigenvalue weighted by atomic mass is 16.3. The normalized spacial score (nSPS) is 12.6. The van der Waals surface area contributed by atoms with Crippen molar-refractivity contribution in [2.75, 3.05) is 18.5 Å². The van der Waals surface area contributed by atoms with Crippen molar-refractivity contribution in [1.82, 2.24) is 9.97 Å². The van der Waals surface area contributed by atoms with E-state index in [1.807, 2.05) is 18.9 Å². The lowest BCUT2D eigenvalue weighted by molar-refractivity contribution is 0.201. The van der Waals surface area contributed by atoms with E-state index in [-0.39, 0.29) is 6.10 Å². The Kier molecular flexibility index (Phi) is 3.19. The summed E-state index contributed by atoms with van der Waals surface area (Å²) in [7, 11) is 1.89. The van der Waals surface area contributed by atoms with Crippen molar-refractivity contribution >= 4 is 5.82 Å². The lowest BCUT2D eigenvalue weighted by Crippen LogP contribution is -2.28. The van der Waals surface area contributed by atoms with Crippen LogP contribution < -0.4 is 4.90 Å². The molecule has 0 radical (unpaired) electrons. The van der Waals surface area contributed by atoms with Gasteiger partial charge in [0.25, 0.3) is 0 Å². The Labute approximate surface area is 78.2 Å². The average molecular weight is 181 g/mol. The number of hydrogen-bond donors (Lipinski definition) is 1. The molecule has 0 aliphatic heterocycles. The van der Waals surface area contributed by atoms with Crippen LogP contribution >= 0.6 is 0 Å². The van der Waals surface area contributed by atoms with E-state index in [0.29, 0.717) is 6.54 Å². The van der Waals surface area contributed by atoms with Crippen LogP contribution in [0, 0.1) is 6.92 Å². The first-order valence-corrected chi connectivity index (χ1v) is 4.28. The average Bonchev–Trinajstić information content (AvgIpc) is 2.03. The van der Waals surface area contributed by atoms with Gasteiger partial charge in [0, 0.05) is 26.0 Å². The van der Waals surface area contributed by atoms with Gasteiger partial charge in [-0.2, -0.15) is 0 Å². The molecule has 0 amide bonds. The molecule has 0 spiro atoms. The van der Waals surface area contributed by atoms with Crippen LogP contribution in [0.5, 0.6) is 0 Å². The second-order valence-electron chi connectivity index (χ2n) is 3.19. The molecule has 0 unspecified atom stereocenters. The van der Waals surface area contributed by atoms with Gasteiger partial charge in [-0.1, -0.05) is 0 Å². The summed E-state index contributed by atoms with van der Waals surface area (Å²) >= 11 is 0. The molecule has 0 saturated heterocycles. The predicted molar refractivity (Wildman–Crippen MR) is 51.7 cm³/mol. The van der Waals surface area contributed by atoms with Crippen LogP contribution in [-0.4, -0.2) is 34.8 Å². The van der Waals surface area contributed by atoms with E-state index in [0.717, 1.165) is 11.5 Å². The second kappa shape index (κ2) is 4.18. The maximum Gasteiger partial charge on any atom is 0.149 e. The van der Waals surface area contributed by atoms with Gasteiger partial charge in [0.2, 0.25) is 0 Å². The summed E-state index contributed by atoms with van der Waals surface area (Å²) in [4.78, 5) is 10.2. The van der Waals surface area contributed by atoms with Crippen LogP contribution in [0.25, 0.3) is 0 Å². The Morgan fingerprint density at radius 2 is 2.08 bits per heavy atom. The molecule has 1 atom stereocenters. The van der Waals surface area contributed by atoms with E-state index >= 15 is 0 Å². The molecule has 72 valence electrons. The van der Waals surface area contributed by atoms with Gasteiger partial charge in [-0.15, -0.1) is 0 Å². The molecular formula is C9H15N3O. The number of nitrogens with zero attached hydrogens (tertiary/aromatic N) is 3. The van der Waals surface area contributed by atoms with Crippen molar-refractivity contribution in [3.05, 3.63) is 18.1 Å². The summed E-state index contributed by atoms with van der Waals surface area (Å²) in [5, 5.41) is 9.19. The minimum absolute atomic E-state index is 0.355. The van der Waals surface area contributed by atoms with Crippen molar-refractivity contribution in [2.45, 2.75) is 20.0 Å².